The van der Waals surface area contributed by atoms with Crippen molar-refractivity contribution in [3.63, 3.8) is 0 Å². The Kier molecular flexibility index (Phi) is 3.88. The third-order valence-corrected chi connectivity index (χ3v) is 3.85. The van der Waals surface area contributed by atoms with Crippen LogP contribution in [0.25, 0.3) is 0 Å². The molecule has 0 radical (unpaired) electrons. The molecule has 0 atom stereocenters. The van der Waals surface area contributed by atoms with Gasteiger partial charge in [-0.05, 0) is 38.0 Å². The summed E-state index contributed by atoms with van der Waals surface area (Å²) in [5.41, 5.74) is 2.79. The first-order valence-electron chi connectivity index (χ1n) is 7.32. The Hall–Kier alpha value is -1.94. The number of aromatic nitrogens is 1. The molecule has 1 aliphatic rings. The van der Waals surface area contributed by atoms with Crippen LogP contribution < -0.4 is 10.2 Å². The number of halogens is 1. The van der Waals surface area contributed by atoms with E-state index in [1.54, 1.807) is 17.2 Å². The number of rotatable bonds is 5. The van der Waals surface area contributed by atoms with E-state index in [1.165, 1.54) is 18.4 Å². The molecule has 1 aromatic carbocycles. The van der Waals surface area contributed by atoms with E-state index in [4.69, 9.17) is 0 Å². The molecule has 0 aliphatic heterocycles. The molecule has 1 heterocycles. The molecule has 3 nitrogen and oxygen atoms in total. The number of hydrogen-bond donors (Lipinski definition) is 1. The molecule has 110 valence electrons. The number of aryl methyl sites for hydroxylation is 1. The van der Waals surface area contributed by atoms with Crippen LogP contribution in [0.1, 0.15) is 24.0 Å². The topological polar surface area (TPSA) is 28.2 Å². The number of pyridine rings is 1. The molecule has 1 saturated carbocycles. The third-order valence-electron chi connectivity index (χ3n) is 3.85. The number of nitrogens with one attached hydrogen (secondary N) is 1. The number of anilines is 2. The minimum Gasteiger partial charge on any atom is -0.327 e. The monoisotopic (exact) mass is 285 g/mol. The van der Waals surface area contributed by atoms with Gasteiger partial charge in [0.1, 0.15) is 0 Å². The van der Waals surface area contributed by atoms with Crippen molar-refractivity contribution in [1.29, 1.82) is 0 Å². The van der Waals surface area contributed by atoms with E-state index >= 15 is 0 Å². The highest BCUT2D eigenvalue weighted by molar-refractivity contribution is 5.60. The van der Waals surface area contributed by atoms with Crippen LogP contribution in [0.15, 0.2) is 36.5 Å². The summed E-state index contributed by atoms with van der Waals surface area (Å²) in [6.45, 7) is 2.60. The maximum atomic E-state index is 14.6. The molecule has 1 aliphatic carbocycles. The van der Waals surface area contributed by atoms with Gasteiger partial charge in [-0.15, -0.1) is 0 Å². The predicted molar refractivity (Wildman–Crippen MR) is 83.3 cm³/mol. The van der Waals surface area contributed by atoms with Crippen LogP contribution in [-0.4, -0.2) is 18.1 Å². The lowest BCUT2D eigenvalue weighted by Crippen LogP contribution is -2.19. The molecule has 3 rings (SSSR count). The highest BCUT2D eigenvalue weighted by Gasteiger charge is 2.21. The Bertz CT molecular complexity index is 620. The molecule has 1 N–H and O–H groups in total. The minimum atomic E-state index is -0.242. The Morgan fingerprint density at radius 2 is 1.95 bits per heavy atom. The van der Waals surface area contributed by atoms with Gasteiger partial charge in [-0.1, -0.05) is 17.7 Å². The van der Waals surface area contributed by atoms with E-state index in [1.807, 2.05) is 38.2 Å². The summed E-state index contributed by atoms with van der Waals surface area (Å²) >= 11 is 0. The molecule has 2 aromatic rings. The van der Waals surface area contributed by atoms with Crippen molar-refractivity contribution in [2.75, 3.05) is 11.9 Å². The molecule has 0 unspecified atom stereocenters. The van der Waals surface area contributed by atoms with Gasteiger partial charge in [0.25, 0.3) is 0 Å². The zero-order valence-electron chi connectivity index (χ0n) is 12.4. The van der Waals surface area contributed by atoms with Crippen LogP contribution in [0, 0.1) is 12.7 Å². The van der Waals surface area contributed by atoms with Crippen molar-refractivity contribution in [2.45, 2.75) is 32.4 Å². The molecule has 0 spiro atoms. The van der Waals surface area contributed by atoms with Gasteiger partial charge in [-0.25, -0.2) is 9.37 Å². The lowest BCUT2D eigenvalue weighted by molar-refractivity contribution is 0.582. The lowest BCUT2D eigenvalue weighted by atomic mass is 10.2. The fourth-order valence-corrected chi connectivity index (χ4v) is 2.27. The van der Waals surface area contributed by atoms with Crippen LogP contribution in [0.5, 0.6) is 0 Å². The molecule has 1 aromatic heterocycles. The van der Waals surface area contributed by atoms with Crippen LogP contribution in [0.3, 0.4) is 0 Å². The summed E-state index contributed by atoms with van der Waals surface area (Å²) in [7, 11) is 1.84. The summed E-state index contributed by atoms with van der Waals surface area (Å²) in [5, 5.41) is 3.34. The fourth-order valence-electron chi connectivity index (χ4n) is 2.27. The van der Waals surface area contributed by atoms with Crippen LogP contribution in [0.4, 0.5) is 15.9 Å². The molecule has 0 amide bonds. The van der Waals surface area contributed by atoms with Crippen molar-refractivity contribution < 1.29 is 4.39 Å². The van der Waals surface area contributed by atoms with Crippen LogP contribution >= 0.6 is 0 Å². The number of benzene rings is 1. The van der Waals surface area contributed by atoms with Gasteiger partial charge < -0.3 is 10.2 Å². The summed E-state index contributed by atoms with van der Waals surface area (Å²) in [4.78, 5) is 5.99. The van der Waals surface area contributed by atoms with E-state index in [0.717, 1.165) is 5.69 Å². The average molecular weight is 285 g/mol. The van der Waals surface area contributed by atoms with Gasteiger partial charge in [-0.2, -0.15) is 0 Å². The van der Waals surface area contributed by atoms with E-state index in [-0.39, 0.29) is 5.82 Å². The van der Waals surface area contributed by atoms with Crippen molar-refractivity contribution in [3.05, 3.63) is 53.5 Å². The zero-order valence-corrected chi connectivity index (χ0v) is 12.4. The van der Waals surface area contributed by atoms with E-state index in [0.29, 0.717) is 24.0 Å². The van der Waals surface area contributed by atoms with Crippen molar-refractivity contribution in [3.8, 4) is 0 Å². The van der Waals surface area contributed by atoms with Gasteiger partial charge in [-0.3, -0.25) is 0 Å². The van der Waals surface area contributed by atoms with Gasteiger partial charge in [0.2, 0.25) is 0 Å². The van der Waals surface area contributed by atoms with E-state index < -0.39 is 0 Å². The molecule has 1 fully saturated rings. The van der Waals surface area contributed by atoms with E-state index in [9.17, 15) is 4.39 Å². The minimum absolute atomic E-state index is 0.242. The predicted octanol–water partition coefficient (Wildman–Crippen LogP) is 3.55. The first-order valence-corrected chi connectivity index (χ1v) is 7.32. The van der Waals surface area contributed by atoms with Gasteiger partial charge >= 0.3 is 0 Å². The normalized spacial score (nSPS) is 14.2. The Morgan fingerprint density at radius 3 is 2.62 bits per heavy atom. The zero-order chi connectivity index (χ0) is 14.8. The molecular weight excluding hydrogens is 265 g/mol. The van der Waals surface area contributed by atoms with Gasteiger partial charge in [0.05, 0.1) is 0 Å². The third kappa shape index (κ3) is 3.22. The maximum absolute atomic E-state index is 14.6. The second kappa shape index (κ2) is 5.82. The smallest absolute Gasteiger partial charge is 0.170 e. The fraction of sp³-hybridized carbons (Fsp3) is 0.353. The molecular formula is C17H20FN3. The summed E-state index contributed by atoms with van der Waals surface area (Å²) in [5.74, 6) is 0.127. The first kappa shape index (κ1) is 14.0. The Labute approximate surface area is 124 Å². The average Bonchev–Trinajstić information content (AvgIpc) is 3.30. The molecule has 0 bridgehead atoms. The van der Waals surface area contributed by atoms with Crippen molar-refractivity contribution >= 4 is 11.5 Å². The van der Waals surface area contributed by atoms with Crippen LogP contribution in [-0.2, 0) is 6.54 Å². The van der Waals surface area contributed by atoms with Gasteiger partial charge in [0.15, 0.2) is 11.6 Å². The summed E-state index contributed by atoms with van der Waals surface area (Å²) < 4.78 is 14.6. The molecule has 4 heteroatoms. The quantitative estimate of drug-likeness (QED) is 0.910. The van der Waals surface area contributed by atoms with E-state index in [2.05, 4.69) is 10.3 Å². The maximum Gasteiger partial charge on any atom is 0.170 e. The largest absolute Gasteiger partial charge is 0.327 e. The number of hydrogen-bond acceptors (Lipinski definition) is 3. The number of nitrogens with zero attached hydrogens (tertiary/aromatic N) is 2. The SMILES string of the molecule is Cc1ccc(N(C)c2nccc(CNC3CC3)c2F)cc1. The van der Waals surface area contributed by atoms with Crippen molar-refractivity contribution in [2.24, 2.45) is 0 Å². The Balaban J connectivity index is 1.82. The summed E-state index contributed by atoms with van der Waals surface area (Å²) in [6.07, 6.45) is 4.07. The lowest BCUT2D eigenvalue weighted by Gasteiger charge is -2.20. The molecule has 0 saturated heterocycles. The van der Waals surface area contributed by atoms with Crippen molar-refractivity contribution in [1.82, 2.24) is 10.3 Å². The second-order valence-electron chi connectivity index (χ2n) is 5.66. The summed E-state index contributed by atoms with van der Waals surface area (Å²) in [6, 6.07) is 10.3. The molecule has 21 heavy (non-hydrogen) atoms. The van der Waals surface area contributed by atoms with Crippen LogP contribution in [0.2, 0.25) is 0 Å². The highest BCUT2D eigenvalue weighted by atomic mass is 19.1. The first-order chi connectivity index (χ1) is 10.1. The second-order valence-corrected chi connectivity index (χ2v) is 5.66. The highest BCUT2D eigenvalue weighted by Crippen LogP contribution is 2.26. The standard InChI is InChI=1S/C17H20FN3/c1-12-3-7-15(8-4-12)21(2)17-16(18)13(9-10-19-17)11-20-14-5-6-14/h3-4,7-10,14,20H,5-6,11H2,1-2H3. The van der Waals surface area contributed by atoms with Gasteiger partial charge in [0, 0.05) is 37.1 Å². The Morgan fingerprint density at radius 1 is 1.24 bits per heavy atom.